The molecule has 158 valence electrons. The van der Waals surface area contributed by atoms with Crippen LogP contribution in [0.3, 0.4) is 0 Å². The van der Waals surface area contributed by atoms with E-state index in [1.54, 1.807) is 17.7 Å². The first kappa shape index (κ1) is 21.0. The van der Waals surface area contributed by atoms with Gasteiger partial charge in [-0.15, -0.1) is 11.3 Å². The fraction of sp³-hybridized carbons (Fsp3) is 0.240. The third-order valence-electron chi connectivity index (χ3n) is 5.26. The number of hydrogen-bond acceptors (Lipinski definition) is 5. The number of amides is 1. The summed E-state index contributed by atoms with van der Waals surface area (Å²) in [6.45, 7) is 4.83. The van der Waals surface area contributed by atoms with Gasteiger partial charge in [-0.05, 0) is 29.2 Å². The van der Waals surface area contributed by atoms with Crippen molar-refractivity contribution in [2.75, 3.05) is 23.8 Å². The maximum atomic E-state index is 12.6. The average molecular weight is 431 g/mol. The van der Waals surface area contributed by atoms with Gasteiger partial charge in [0.15, 0.2) is 0 Å². The van der Waals surface area contributed by atoms with Gasteiger partial charge in [0.1, 0.15) is 17.0 Å². The van der Waals surface area contributed by atoms with Crippen molar-refractivity contribution in [3.8, 4) is 10.4 Å². The first-order valence-corrected chi connectivity index (χ1v) is 11.2. The maximum Gasteiger partial charge on any atom is 0.226 e. The van der Waals surface area contributed by atoms with E-state index in [0.29, 0.717) is 18.9 Å². The molecule has 0 bridgehead atoms. The monoisotopic (exact) mass is 430 g/mol. The molecule has 0 unspecified atom stereocenters. The van der Waals surface area contributed by atoms with Crippen LogP contribution in [0.25, 0.3) is 20.7 Å². The standard InChI is InChI=1S/C25H26N4OS/c1-17(2)19-11-7-8-12-21(19)28-23(30)13-14-29(3)24-20-15-22(18-9-5-4-6-10-18)31-25(20)27-16-26-24/h4-12,15-17H,13-14H2,1-3H3,(H,28,30). The molecule has 1 N–H and O–H groups in total. The third-order valence-corrected chi connectivity index (χ3v) is 6.35. The highest BCUT2D eigenvalue weighted by molar-refractivity contribution is 7.21. The van der Waals surface area contributed by atoms with E-state index in [1.807, 2.05) is 48.3 Å². The zero-order valence-electron chi connectivity index (χ0n) is 18.0. The predicted molar refractivity (Wildman–Crippen MR) is 130 cm³/mol. The van der Waals surface area contributed by atoms with E-state index >= 15 is 0 Å². The summed E-state index contributed by atoms with van der Waals surface area (Å²) < 4.78 is 0. The summed E-state index contributed by atoms with van der Waals surface area (Å²) in [5, 5.41) is 4.08. The molecule has 6 heteroatoms. The second-order valence-corrected chi connectivity index (χ2v) is 8.89. The Morgan fingerprint density at radius 2 is 1.81 bits per heavy atom. The highest BCUT2D eigenvalue weighted by Gasteiger charge is 2.15. The molecule has 2 aromatic heterocycles. The number of carbonyl (C=O) groups is 1. The number of anilines is 2. The Bertz CT molecular complexity index is 1190. The summed E-state index contributed by atoms with van der Waals surface area (Å²) in [7, 11) is 1.97. The van der Waals surface area contributed by atoms with Crippen LogP contribution in [0.15, 0.2) is 67.0 Å². The number of aromatic nitrogens is 2. The molecule has 4 aromatic rings. The van der Waals surface area contributed by atoms with Crippen LogP contribution in [0.1, 0.15) is 31.7 Å². The smallest absolute Gasteiger partial charge is 0.226 e. The Kier molecular flexibility index (Phi) is 6.28. The highest BCUT2D eigenvalue weighted by atomic mass is 32.1. The summed E-state index contributed by atoms with van der Waals surface area (Å²) in [5.41, 5.74) is 3.20. The van der Waals surface area contributed by atoms with E-state index in [1.165, 1.54) is 5.56 Å². The minimum atomic E-state index is 0.000503. The van der Waals surface area contributed by atoms with Gasteiger partial charge >= 0.3 is 0 Å². The molecule has 0 spiro atoms. The zero-order valence-corrected chi connectivity index (χ0v) is 18.8. The van der Waals surface area contributed by atoms with Crippen molar-refractivity contribution in [2.24, 2.45) is 0 Å². The molecule has 0 radical (unpaired) electrons. The minimum Gasteiger partial charge on any atom is -0.359 e. The van der Waals surface area contributed by atoms with E-state index in [9.17, 15) is 4.79 Å². The van der Waals surface area contributed by atoms with Crippen molar-refractivity contribution in [3.63, 3.8) is 0 Å². The van der Waals surface area contributed by atoms with Gasteiger partial charge in [0, 0.05) is 30.6 Å². The number of carbonyl (C=O) groups excluding carboxylic acids is 1. The van der Waals surface area contributed by atoms with Crippen molar-refractivity contribution in [3.05, 3.63) is 72.6 Å². The Balaban J connectivity index is 1.47. The van der Waals surface area contributed by atoms with Crippen LogP contribution in [0.4, 0.5) is 11.5 Å². The SMILES string of the molecule is CC(C)c1ccccc1NC(=O)CCN(C)c1ncnc2sc(-c3ccccc3)cc12. The molecule has 2 aromatic carbocycles. The van der Waals surface area contributed by atoms with E-state index in [2.05, 4.69) is 53.4 Å². The highest BCUT2D eigenvalue weighted by Crippen LogP contribution is 2.35. The average Bonchev–Trinajstić information content (AvgIpc) is 3.23. The molecular formula is C25H26N4OS. The van der Waals surface area contributed by atoms with Crippen molar-refractivity contribution in [2.45, 2.75) is 26.2 Å². The normalized spacial score (nSPS) is 11.1. The number of thiophene rings is 1. The van der Waals surface area contributed by atoms with Crippen molar-refractivity contribution in [1.82, 2.24) is 9.97 Å². The van der Waals surface area contributed by atoms with Gasteiger partial charge in [0.05, 0.1) is 5.39 Å². The fourth-order valence-corrected chi connectivity index (χ4v) is 4.59. The molecule has 1 amide bonds. The lowest BCUT2D eigenvalue weighted by Gasteiger charge is -2.19. The van der Waals surface area contributed by atoms with Crippen molar-refractivity contribution in [1.29, 1.82) is 0 Å². The first-order valence-electron chi connectivity index (χ1n) is 10.4. The van der Waals surface area contributed by atoms with Crippen LogP contribution in [0, 0.1) is 0 Å². The molecule has 0 fully saturated rings. The largest absolute Gasteiger partial charge is 0.359 e. The topological polar surface area (TPSA) is 58.1 Å². The Morgan fingerprint density at radius 1 is 1.06 bits per heavy atom. The van der Waals surface area contributed by atoms with Crippen LogP contribution in [-0.2, 0) is 4.79 Å². The van der Waals surface area contributed by atoms with Gasteiger partial charge in [-0.3, -0.25) is 4.79 Å². The number of benzene rings is 2. The van der Waals surface area contributed by atoms with E-state index in [-0.39, 0.29) is 5.91 Å². The van der Waals surface area contributed by atoms with E-state index in [4.69, 9.17) is 0 Å². The van der Waals surface area contributed by atoms with Gasteiger partial charge in [0.2, 0.25) is 5.91 Å². The molecule has 0 saturated heterocycles. The van der Waals surface area contributed by atoms with Gasteiger partial charge in [-0.25, -0.2) is 9.97 Å². The Labute approximate surface area is 186 Å². The van der Waals surface area contributed by atoms with Gasteiger partial charge in [-0.2, -0.15) is 0 Å². The summed E-state index contributed by atoms with van der Waals surface area (Å²) >= 11 is 1.66. The van der Waals surface area contributed by atoms with Crippen LogP contribution in [-0.4, -0.2) is 29.5 Å². The summed E-state index contributed by atoms with van der Waals surface area (Å²) in [6.07, 6.45) is 1.97. The summed E-state index contributed by atoms with van der Waals surface area (Å²) in [5.74, 6) is 1.20. The second kappa shape index (κ2) is 9.27. The lowest BCUT2D eigenvalue weighted by molar-refractivity contribution is -0.116. The predicted octanol–water partition coefficient (Wildman–Crippen LogP) is 5.95. The second-order valence-electron chi connectivity index (χ2n) is 7.85. The summed E-state index contributed by atoms with van der Waals surface area (Å²) in [4.78, 5) is 25.7. The van der Waals surface area contributed by atoms with Crippen LogP contribution in [0.5, 0.6) is 0 Å². The molecule has 31 heavy (non-hydrogen) atoms. The van der Waals surface area contributed by atoms with Gasteiger partial charge < -0.3 is 10.2 Å². The van der Waals surface area contributed by atoms with E-state index in [0.717, 1.165) is 32.2 Å². The van der Waals surface area contributed by atoms with Crippen LogP contribution < -0.4 is 10.2 Å². The molecule has 0 atom stereocenters. The van der Waals surface area contributed by atoms with Crippen molar-refractivity contribution >= 4 is 39.0 Å². The van der Waals surface area contributed by atoms with Crippen LogP contribution >= 0.6 is 11.3 Å². The number of fused-ring (bicyclic) bond motifs is 1. The quantitative estimate of drug-likeness (QED) is 0.394. The number of nitrogens with zero attached hydrogens (tertiary/aromatic N) is 3. The van der Waals surface area contributed by atoms with Crippen molar-refractivity contribution < 1.29 is 4.79 Å². The number of nitrogens with one attached hydrogen (secondary N) is 1. The molecule has 4 rings (SSSR count). The molecule has 0 aliphatic rings. The lowest BCUT2D eigenvalue weighted by atomic mass is 10.0. The third kappa shape index (κ3) is 4.75. The number of rotatable bonds is 7. The Hall–Kier alpha value is -3.25. The van der Waals surface area contributed by atoms with E-state index < -0.39 is 0 Å². The molecular weight excluding hydrogens is 404 g/mol. The first-order chi connectivity index (χ1) is 15.0. The molecule has 0 aliphatic heterocycles. The van der Waals surface area contributed by atoms with Crippen LogP contribution in [0.2, 0.25) is 0 Å². The lowest BCUT2D eigenvalue weighted by Crippen LogP contribution is -2.25. The fourth-order valence-electron chi connectivity index (χ4n) is 3.59. The van der Waals surface area contributed by atoms with Gasteiger partial charge in [0.25, 0.3) is 0 Å². The Morgan fingerprint density at radius 3 is 2.58 bits per heavy atom. The zero-order chi connectivity index (χ0) is 21.8. The van der Waals surface area contributed by atoms with Gasteiger partial charge in [-0.1, -0.05) is 62.4 Å². The molecule has 5 nitrogen and oxygen atoms in total. The maximum absolute atomic E-state index is 12.6. The molecule has 0 aliphatic carbocycles. The summed E-state index contributed by atoms with van der Waals surface area (Å²) in [6, 6.07) is 20.4. The minimum absolute atomic E-state index is 0.000503. The number of hydrogen-bond donors (Lipinski definition) is 1. The number of para-hydroxylation sites is 1. The molecule has 0 saturated carbocycles. The molecule has 2 heterocycles.